The summed E-state index contributed by atoms with van der Waals surface area (Å²) in [6.45, 7) is 8.86. The van der Waals surface area contributed by atoms with Gasteiger partial charge in [-0.1, -0.05) is 13.8 Å². The van der Waals surface area contributed by atoms with Crippen LogP contribution in [0.5, 0.6) is 0 Å². The van der Waals surface area contributed by atoms with Crippen LogP contribution >= 0.6 is 11.3 Å². The number of aromatic nitrogens is 1. The molecular formula is C17H29N3O3S. The highest BCUT2D eigenvalue weighted by molar-refractivity contribution is 7.13. The van der Waals surface area contributed by atoms with Crippen LogP contribution < -0.4 is 0 Å². The lowest BCUT2D eigenvalue weighted by atomic mass is 9.96. The largest absolute Gasteiger partial charge is 0.396 e. The molecule has 2 rings (SSSR count). The van der Waals surface area contributed by atoms with Crippen LogP contribution in [0, 0.1) is 18.8 Å². The van der Waals surface area contributed by atoms with Crippen LogP contribution in [0.3, 0.4) is 0 Å². The van der Waals surface area contributed by atoms with E-state index in [2.05, 4.69) is 23.7 Å². The molecule has 0 saturated carbocycles. The number of hydrogen-bond acceptors (Lipinski definition) is 6. The van der Waals surface area contributed by atoms with Gasteiger partial charge in [-0.15, -0.1) is 11.3 Å². The average Bonchev–Trinajstić information content (AvgIpc) is 3.10. The summed E-state index contributed by atoms with van der Waals surface area (Å²) in [5.74, 6) is 0.669. The maximum Gasteiger partial charge on any atom is 0.265 e. The third kappa shape index (κ3) is 4.33. The summed E-state index contributed by atoms with van der Waals surface area (Å²) in [7, 11) is 1.96. The zero-order valence-corrected chi connectivity index (χ0v) is 15.8. The van der Waals surface area contributed by atoms with Crippen LogP contribution in [0.2, 0.25) is 0 Å². The van der Waals surface area contributed by atoms with Gasteiger partial charge in [0.25, 0.3) is 5.91 Å². The molecule has 2 atom stereocenters. The number of rotatable bonds is 7. The number of aliphatic hydroxyl groups excluding tert-OH is 2. The van der Waals surface area contributed by atoms with Crippen molar-refractivity contribution in [3.05, 3.63) is 15.6 Å². The Morgan fingerprint density at radius 3 is 2.58 bits per heavy atom. The first-order valence-corrected chi connectivity index (χ1v) is 9.35. The first-order valence-electron chi connectivity index (χ1n) is 8.54. The van der Waals surface area contributed by atoms with Crippen molar-refractivity contribution in [1.82, 2.24) is 14.8 Å². The number of carbonyl (C=O) groups excluding carboxylic acids is 1. The van der Waals surface area contributed by atoms with E-state index in [9.17, 15) is 9.90 Å². The van der Waals surface area contributed by atoms with E-state index in [-0.39, 0.29) is 31.0 Å². The van der Waals surface area contributed by atoms with Gasteiger partial charge in [0, 0.05) is 44.6 Å². The Morgan fingerprint density at radius 2 is 2.04 bits per heavy atom. The molecule has 0 aliphatic carbocycles. The Bertz CT molecular complexity index is 561. The number of likely N-dealkylation sites (tertiary alicyclic amines) is 1. The number of hydrogen-bond donors (Lipinski definition) is 2. The van der Waals surface area contributed by atoms with Crippen LogP contribution in [0.1, 0.15) is 40.1 Å². The maximum atomic E-state index is 12.9. The standard InChI is InChI=1S/C17H29N3O3S/c1-11(2)16-18-12(3)15(24-16)17(23)20-8-13(14(9-20)10-22)7-19(4)5-6-21/h11,13-14,21-22H,5-10H2,1-4H3. The van der Waals surface area contributed by atoms with E-state index in [0.717, 1.165) is 22.1 Å². The molecule has 1 fully saturated rings. The van der Waals surface area contributed by atoms with E-state index in [1.807, 2.05) is 18.9 Å². The molecule has 2 heterocycles. The van der Waals surface area contributed by atoms with Gasteiger partial charge in [0.1, 0.15) is 4.88 Å². The molecule has 1 aliphatic heterocycles. The van der Waals surface area contributed by atoms with E-state index in [0.29, 0.717) is 25.6 Å². The van der Waals surface area contributed by atoms with Crippen LogP contribution in [0.4, 0.5) is 0 Å². The lowest BCUT2D eigenvalue weighted by Gasteiger charge is -2.23. The molecular weight excluding hydrogens is 326 g/mol. The van der Waals surface area contributed by atoms with Crippen LogP contribution in [-0.4, -0.2) is 77.3 Å². The van der Waals surface area contributed by atoms with Crippen molar-refractivity contribution in [2.45, 2.75) is 26.7 Å². The normalized spacial score (nSPS) is 21.2. The SMILES string of the molecule is Cc1nc(C(C)C)sc1C(=O)N1CC(CO)C(CN(C)CCO)C1. The minimum absolute atomic E-state index is 0.0302. The molecule has 2 unspecified atom stereocenters. The fraction of sp³-hybridized carbons (Fsp3) is 0.765. The predicted octanol–water partition coefficient (Wildman–Crippen LogP) is 1.18. The number of aliphatic hydroxyl groups is 2. The van der Waals surface area contributed by atoms with Gasteiger partial charge in [0.2, 0.25) is 0 Å². The lowest BCUT2D eigenvalue weighted by molar-refractivity contribution is 0.0782. The molecule has 1 saturated heterocycles. The molecule has 1 aliphatic rings. The molecule has 0 bridgehead atoms. The lowest BCUT2D eigenvalue weighted by Crippen LogP contribution is -2.33. The minimum atomic E-state index is 0.0302. The van der Waals surface area contributed by atoms with E-state index in [1.54, 1.807) is 0 Å². The monoisotopic (exact) mass is 355 g/mol. The predicted molar refractivity (Wildman–Crippen MR) is 95.5 cm³/mol. The molecule has 1 amide bonds. The summed E-state index contributed by atoms with van der Waals surface area (Å²) >= 11 is 1.49. The molecule has 6 nitrogen and oxygen atoms in total. The zero-order chi connectivity index (χ0) is 17.9. The summed E-state index contributed by atoms with van der Waals surface area (Å²) in [5.41, 5.74) is 0.801. The van der Waals surface area contributed by atoms with Crippen molar-refractivity contribution in [2.24, 2.45) is 11.8 Å². The van der Waals surface area contributed by atoms with Gasteiger partial charge in [-0.05, 0) is 19.9 Å². The average molecular weight is 356 g/mol. The van der Waals surface area contributed by atoms with E-state index in [4.69, 9.17) is 5.11 Å². The third-order valence-electron chi connectivity index (χ3n) is 4.63. The minimum Gasteiger partial charge on any atom is -0.396 e. The molecule has 136 valence electrons. The Balaban J connectivity index is 2.08. The number of likely N-dealkylation sites (N-methyl/N-ethyl adjacent to an activating group) is 1. The Morgan fingerprint density at radius 1 is 1.38 bits per heavy atom. The maximum absolute atomic E-state index is 12.9. The van der Waals surface area contributed by atoms with Crippen molar-refractivity contribution in [3.63, 3.8) is 0 Å². The molecule has 2 N–H and O–H groups in total. The van der Waals surface area contributed by atoms with E-state index >= 15 is 0 Å². The Labute approximate surface area is 148 Å². The molecule has 0 radical (unpaired) electrons. The highest BCUT2D eigenvalue weighted by Gasteiger charge is 2.36. The van der Waals surface area contributed by atoms with Crippen molar-refractivity contribution >= 4 is 17.2 Å². The number of aryl methyl sites for hydroxylation is 1. The van der Waals surface area contributed by atoms with Gasteiger partial charge in [-0.25, -0.2) is 4.98 Å². The van der Waals surface area contributed by atoms with Gasteiger partial charge in [0.05, 0.1) is 17.3 Å². The second-order valence-electron chi connectivity index (χ2n) is 7.02. The van der Waals surface area contributed by atoms with Crippen LogP contribution in [0.15, 0.2) is 0 Å². The second kappa shape index (κ2) is 8.38. The van der Waals surface area contributed by atoms with Crippen molar-refractivity contribution in [1.29, 1.82) is 0 Å². The molecule has 1 aromatic rings. The number of thiazole rings is 1. The summed E-state index contributed by atoms with van der Waals surface area (Å²) in [6, 6.07) is 0. The van der Waals surface area contributed by atoms with Crippen LogP contribution in [0.25, 0.3) is 0 Å². The molecule has 7 heteroatoms. The van der Waals surface area contributed by atoms with Crippen molar-refractivity contribution in [3.8, 4) is 0 Å². The Kier molecular flexibility index (Phi) is 6.74. The van der Waals surface area contributed by atoms with E-state index in [1.165, 1.54) is 11.3 Å². The molecule has 24 heavy (non-hydrogen) atoms. The third-order valence-corrected chi connectivity index (χ3v) is 6.07. The number of nitrogens with zero attached hydrogens (tertiary/aromatic N) is 3. The Hall–Kier alpha value is -1.02. The van der Waals surface area contributed by atoms with Gasteiger partial charge in [-0.3, -0.25) is 4.79 Å². The molecule has 0 aromatic carbocycles. The van der Waals surface area contributed by atoms with Crippen molar-refractivity contribution in [2.75, 3.05) is 46.4 Å². The van der Waals surface area contributed by atoms with Crippen LogP contribution in [-0.2, 0) is 0 Å². The van der Waals surface area contributed by atoms with Crippen molar-refractivity contribution < 1.29 is 15.0 Å². The summed E-state index contributed by atoms with van der Waals surface area (Å²) in [6.07, 6.45) is 0. The highest BCUT2D eigenvalue weighted by Crippen LogP contribution is 2.30. The first kappa shape index (κ1) is 19.3. The van der Waals surface area contributed by atoms with Gasteiger partial charge < -0.3 is 20.0 Å². The molecule has 1 aromatic heterocycles. The quantitative estimate of drug-likeness (QED) is 0.768. The number of carbonyl (C=O) groups is 1. The first-order chi connectivity index (χ1) is 11.4. The highest BCUT2D eigenvalue weighted by atomic mass is 32.1. The zero-order valence-electron chi connectivity index (χ0n) is 15.0. The topological polar surface area (TPSA) is 76.9 Å². The van der Waals surface area contributed by atoms with Gasteiger partial charge >= 0.3 is 0 Å². The summed E-state index contributed by atoms with van der Waals surface area (Å²) in [4.78, 5) is 22.0. The molecule has 0 spiro atoms. The number of amides is 1. The fourth-order valence-electron chi connectivity index (χ4n) is 3.19. The van der Waals surface area contributed by atoms with Gasteiger partial charge in [-0.2, -0.15) is 0 Å². The summed E-state index contributed by atoms with van der Waals surface area (Å²) < 4.78 is 0. The van der Waals surface area contributed by atoms with E-state index < -0.39 is 0 Å². The summed E-state index contributed by atoms with van der Waals surface area (Å²) in [5, 5.41) is 19.7. The smallest absolute Gasteiger partial charge is 0.265 e. The van der Waals surface area contributed by atoms with Gasteiger partial charge in [0.15, 0.2) is 0 Å². The fourth-order valence-corrected chi connectivity index (χ4v) is 4.22. The second-order valence-corrected chi connectivity index (χ2v) is 8.05.